The van der Waals surface area contributed by atoms with E-state index in [4.69, 9.17) is 10.00 Å². The molecule has 2 rings (SSSR count). The highest BCUT2D eigenvalue weighted by Gasteiger charge is 2.40. The van der Waals surface area contributed by atoms with Crippen LogP contribution < -0.4 is 0 Å². The minimum absolute atomic E-state index is 0.0319. The van der Waals surface area contributed by atoms with Crippen LogP contribution >= 0.6 is 0 Å². The van der Waals surface area contributed by atoms with Crippen molar-refractivity contribution < 1.29 is 13.2 Å². The van der Waals surface area contributed by atoms with Crippen molar-refractivity contribution in [2.75, 3.05) is 13.1 Å². The maximum atomic E-state index is 11.9. The molecule has 0 aromatic rings. The Kier molecular flexibility index (Phi) is 2.71. The van der Waals surface area contributed by atoms with Crippen molar-refractivity contribution in [3.8, 4) is 6.07 Å². The van der Waals surface area contributed by atoms with Crippen LogP contribution in [0.1, 0.15) is 19.8 Å². The lowest BCUT2D eigenvalue weighted by Crippen LogP contribution is -2.48. The van der Waals surface area contributed by atoms with E-state index in [0.717, 1.165) is 12.8 Å². The van der Waals surface area contributed by atoms with E-state index in [9.17, 15) is 8.42 Å². The summed E-state index contributed by atoms with van der Waals surface area (Å²) in [4.78, 5) is 0. The summed E-state index contributed by atoms with van der Waals surface area (Å²) in [7, 11) is -3.45. The summed E-state index contributed by atoms with van der Waals surface area (Å²) < 4.78 is 30.7. The maximum Gasteiger partial charge on any atom is 0.230 e. The van der Waals surface area contributed by atoms with Crippen LogP contribution in [0.2, 0.25) is 0 Å². The van der Waals surface area contributed by atoms with Crippen LogP contribution in [0.4, 0.5) is 0 Å². The van der Waals surface area contributed by atoms with Gasteiger partial charge in [0.05, 0.1) is 18.3 Å². The summed E-state index contributed by atoms with van der Waals surface area (Å²) in [5, 5.41) is 7.70. The minimum atomic E-state index is -3.45. The lowest BCUT2D eigenvalue weighted by atomic mass is 10.2. The van der Waals surface area contributed by atoms with E-state index in [-0.39, 0.29) is 12.2 Å². The molecule has 2 aliphatic rings. The molecule has 6 heteroatoms. The first kappa shape index (κ1) is 10.9. The summed E-state index contributed by atoms with van der Waals surface area (Å²) in [6, 6.07) is 1.78. The summed E-state index contributed by atoms with van der Waals surface area (Å²) in [6.07, 6.45) is 1.92. The Labute approximate surface area is 89.7 Å². The number of nitrogens with zero attached hydrogens (tertiary/aromatic N) is 2. The molecule has 0 N–H and O–H groups in total. The molecule has 0 aromatic carbocycles. The molecule has 84 valence electrons. The minimum Gasteiger partial charge on any atom is -0.372 e. The van der Waals surface area contributed by atoms with Crippen LogP contribution in [0, 0.1) is 11.3 Å². The summed E-state index contributed by atoms with van der Waals surface area (Å²) in [5.41, 5.74) is 0. The molecule has 5 nitrogen and oxygen atoms in total. The molecule has 2 heterocycles. The van der Waals surface area contributed by atoms with Crippen LogP contribution in [0.5, 0.6) is 0 Å². The number of sulfonamides is 1. The van der Waals surface area contributed by atoms with E-state index in [1.165, 1.54) is 11.2 Å². The van der Waals surface area contributed by atoms with Gasteiger partial charge in [0.25, 0.3) is 0 Å². The monoisotopic (exact) mass is 230 g/mol. The fourth-order valence-corrected chi connectivity index (χ4v) is 3.40. The molecular weight excluding hydrogens is 216 g/mol. The van der Waals surface area contributed by atoms with Gasteiger partial charge in [-0.25, -0.2) is 8.42 Å². The average Bonchev–Trinajstić information content (AvgIpc) is 2.56. The molecule has 0 saturated carbocycles. The molecule has 3 unspecified atom stereocenters. The molecule has 2 fully saturated rings. The summed E-state index contributed by atoms with van der Waals surface area (Å²) >= 11 is 0. The largest absolute Gasteiger partial charge is 0.372 e. The molecule has 15 heavy (non-hydrogen) atoms. The van der Waals surface area contributed by atoms with Crippen molar-refractivity contribution in [2.45, 2.75) is 37.2 Å². The van der Waals surface area contributed by atoms with Crippen LogP contribution in [-0.4, -0.2) is 43.3 Å². The lowest BCUT2D eigenvalue weighted by molar-refractivity contribution is -0.0115. The van der Waals surface area contributed by atoms with Gasteiger partial charge in [-0.3, -0.25) is 0 Å². The highest BCUT2D eigenvalue weighted by Crippen LogP contribution is 2.28. The standard InChI is InChI=1S/C9H14N2O3S/c1-7(4-10)15(12,13)11-5-8-2-3-9(6-11)14-8/h7-9H,2-3,5-6H2,1H3. The third-order valence-electron chi connectivity index (χ3n) is 3.00. The predicted molar refractivity (Wildman–Crippen MR) is 53.5 cm³/mol. The van der Waals surface area contributed by atoms with Gasteiger partial charge in [0.1, 0.15) is 0 Å². The molecule has 0 aromatic heterocycles. The van der Waals surface area contributed by atoms with Gasteiger partial charge < -0.3 is 4.74 Å². The third kappa shape index (κ3) is 1.87. The van der Waals surface area contributed by atoms with Gasteiger partial charge in [-0.1, -0.05) is 0 Å². The van der Waals surface area contributed by atoms with Crippen LogP contribution in [-0.2, 0) is 14.8 Å². The smallest absolute Gasteiger partial charge is 0.230 e. The summed E-state index contributed by atoms with van der Waals surface area (Å²) in [6.45, 7) is 2.24. The maximum absolute atomic E-state index is 11.9. The van der Waals surface area contributed by atoms with E-state index < -0.39 is 15.3 Å². The van der Waals surface area contributed by atoms with Crippen molar-refractivity contribution in [1.29, 1.82) is 5.26 Å². The third-order valence-corrected chi connectivity index (χ3v) is 5.02. The van der Waals surface area contributed by atoms with Gasteiger partial charge in [-0.2, -0.15) is 9.57 Å². The van der Waals surface area contributed by atoms with Crippen LogP contribution in [0.3, 0.4) is 0 Å². The molecule has 2 bridgehead atoms. The normalized spacial score (nSPS) is 33.6. The number of ether oxygens (including phenoxy) is 1. The van der Waals surface area contributed by atoms with Crippen LogP contribution in [0.25, 0.3) is 0 Å². The van der Waals surface area contributed by atoms with E-state index in [2.05, 4.69) is 0 Å². The SMILES string of the molecule is CC(C#N)S(=O)(=O)N1CC2CCC(C1)O2. The Hall–Kier alpha value is -0.640. The predicted octanol–water partition coefficient (Wildman–Crippen LogP) is 0.0915. The van der Waals surface area contributed by atoms with Gasteiger partial charge in [-0.05, 0) is 19.8 Å². The molecule has 2 aliphatic heterocycles. The van der Waals surface area contributed by atoms with Gasteiger partial charge >= 0.3 is 0 Å². The van der Waals surface area contributed by atoms with E-state index in [1.54, 1.807) is 6.07 Å². The van der Waals surface area contributed by atoms with Crippen LogP contribution in [0.15, 0.2) is 0 Å². The van der Waals surface area contributed by atoms with E-state index >= 15 is 0 Å². The highest BCUT2D eigenvalue weighted by molar-refractivity contribution is 7.89. The molecule has 0 spiro atoms. The zero-order valence-corrected chi connectivity index (χ0v) is 9.40. The second kappa shape index (κ2) is 3.74. The Bertz CT molecular complexity index is 375. The Morgan fingerprint density at radius 3 is 2.40 bits per heavy atom. The van der Waals surface area contributed by atoms with E-state index in [1.807, 2.05) is 0 Å². The van der Waals surface area contributed by atoms with Crippen molar-refractivity contribution in [2.24, 2.45) is 0 Å². The average molecular weight is 230 g/mol. The molecule has 0 radical (unpaired) electrons. The first-order chi connectivity index (χ1) is 7.04. The lowest BCUT2D eigenvalue weighted by Gasteiger charge is -2.31. The molecular formula is C9H14N2O3S. The number of nitriles is 1. The van der Waals surface area contributed by atoms with Gasteiger partial charge in [0.2, 0.25) is 10.0 Å². The van der Waals surface area contributed by atoms with Gasteiger partial charge in [-0.15, -0.1) is 0 Å². The van der Waals surface area contributed by atoms with Crippen molar-refractivity contribution in [3.05, 3.63) is 0 Å². The van der Waals surface area contributed by atoms with Crippen molar-refractivity contribution in [3.63, 3.8) is 0 Å². The van der Waals surface area contributed by atoms with E-state index in [0.29, 0.717) is 13.1 Å². The number of hydrogen-bond acceptors (Lipinski definition) is 4. The fourth-order valence-electron chi connectivity index (χ4n) is 2.08. The quantitative estimate of drug-likeness (QED) is 0.674. The second-order valence-electron chi connectivity index (χ2n) is 4.09. The number of fused-ring (bicyclic) bond motifs is 2. The van der Waals surface area contributed by atoms with Crippen molar-refractivity contribution in [1.82, 2.24) is 4.31 Å². The fraction of sp³-hybridized carbons (Fsp3) is 0.889. The number of rotatable bonds is 2. The Morgan fingerprint density at radius 1 is 1.40 bits per heavy atom. The zero-order chi connectivity index (χ0) is 11.1. The second-order valence-corrected chi connectivity index (χ2v) is 6.34. The first-order valence-corrected chi connectivity index (χ1v) is 6.58. The highest BCUT2D eigenvalue weighted by atomic mass is 32.2. The molecule has 2 saturated heterocycles. The Balaban J connectivity index is 2.16. The zero-order valence-electron chi connectivity index (χ0n) is 8.59. The van der Waals surface area contributed by atoms with Crippen molar-refractivity contribution >= 4 is 10.0 Å². The summed E-state index contributed by atoms with van der Waals surface area (Å²) in [5.74, 6) is 0. The number of morpholine rings is 1. The van der Waals surface area contributed by atoms with Gasteiger partial charge in [0.15, 0.2) is 5.25 Å². The first-order valence-electron chi connectivity index (χ1n) is 5.08. The topological polar surface area (TPSA) is 70.4 Å². The molecule has 3 atom stereocenters. The molecule has 0 aliphatic carbocycles. The van der Waals surface area contributed by atoms with Gasteiger partial charge in [0, 0.05) is 13.1 Å². The molecule has 0 amide bonds. The number of hydrogen-bond donors (Lipinski definition) is 0. The Morgan fingerprint density at radius 2 is 1.93 bits per heavy atom.